The Hall–Kier alpha value is -2.08. The average molecular weight is 317 g/mol. The molecule has 0 radical (unpaired) electrons. The van der Waals surface area contributed by atoms with Crippen LogP contribution in [0.25, 0.3) is 0 Å². The second-order valence-corrected chi connectivity index (χ2v) is 5.60. The van der Waals surface area contributed by atoms with Crippen molar-refractivity contribution in [2.24, 2.45) is 0 Å². The Morgan fingerprint density at radius 3 is 2.59 bits per heavy atom. The summed E-state index contributed by atoms with van der Waals surface area (Å²) in [6.07, 6.45) is 5.03. The maximum atomic E-state index is 12.5. The molecule has 0 saturated heterocycles. The van der Waals surface area contributed by atoms with E-state index in [1.807, 2.05) is 37.4 Å². The predicted molar refractivity (Wildman–Crippen MR) is 87.3 cm³/mol. The van der Waals surface area contributed by atoms with Gasteiger partial charge in [-0.05, 0) is 30.9 Å². The summed E-state index contributed by atoms with van der Waals surface area (Å²) in [7, 11) is 3.40. The fourth-order valence-electron chi connectivity index (χ4n) is 2.04. The maximum absolute atomic E-state index is 12.5. The molecule has 1 aromatic heterocycles. The molecule has 1 amide bonds. The van der Waals surface area contributed by atoms with Crippen molar-refractivity contribution in [2.75, 3.05) is 20.4 Å². The van der Waals surface area contributed by atoms with Gasteiger partial charge in [0.1, 0.15) is 5.75 Å². The Balaban J connectivity index is 2.17. The van der Waals surface area contributed by atoms with E-state index in [2.05, 4.69) is 9.97 Å². The summed E-state index contributed by atoms with van der Waals surface area (Å²) in [5, 5.41) is 0.653. The van der Waals surface area contributed by atoms with Crippen LogP contribution >= 0.6 is 11.8 Å². The van der Waals surface area contributed by atoms with Crippen LogP contribution in [0.15, 0.2) is 41.8 Å². The van der Waals surface area contributed by atoms with E-state index in [0.29, 0.717) is 10.7 Å². The fourth-order valence-corrected chi connectivity index (χ4v) is 2.35. The summed E-state index contributed by atoms with van der Waals surface area (Å²) in [5.74, 6) is 0.667. The third kappa shape index (κ3) is 3.57. The zero-order chi connectivity index (χ0) is 16.1. The maximum Gasteiger partial charge on any atom is 0.257 e. The minimum Gasteiger partial charge on any atom is -0.497 e. The number of methoxy groups -OCH3 is 1. The van der Waals surface area contributed by atoms with Gasteiger partial charge in [-0.25, -0.2) is 9.97 Å². The molecule has 0 aliphatic heterocycles. The molecule has 0 spiro atoms. The number of aromatic nitrogens is 2. The van der Waals surface area contributed by atoms with E-state index < -0.39 is 0 Å². The first-order valence-corrected chi connectivity index (χ1v) is 8.06. The zero-order valence-corrected chi connectivity index (χ0v) is 13.9. The molecule has 0 bridgehead atoms. The molecule has 0 fully saturated rings. The number of carbonyl (C=O) groups excluding carboxylic acids is 1. The van der Waals surface area contributed by atoms with E-state index in [9.17, 15) is 4.79 Å². The highest BCUT2D eigenvalue weighted by Crippen LogP contribution is 2.24. The number of rotatable bonds is 5. The number of hydrogen-bond donors (Lipinski definition) is 0. The van der Waals surface area contributed by atoms with E-state index in [0.717, 1.165) is 11.3 Å². The highest BCUT2D eigenvalue weighted by molar-refractivity contribution is 7.98. The quantitative estimate of drug-likeness (QED) is 0.627. The van der Waals surface area contributed by atoms with Gasteiger partial charge in [-0.2, -0.15) is 0 Å². The predicted octanol–water partition coefficient (Wildman–Crippen LogP) is 3.04. The van der Waals surface area contributed by atoms with Gasteiger partial charge in [-0.3, -0.25) is 4.79 Å². The Labute approximate surface area is 134 Å². The number of carbonyl (C=O) groups is 1. The normalized spacial score (nSPS) is 11.8. The summed E-state index contributed by atoms with van der Waals surface area (Å²) in [4.78, 5) is 22.5. The minimum absolute atomic E-state index is 0.0807. The molecule has 0 aliphatic carbocycles. The topological polar surface area (TPSA) is 55.3 Å². The Morgan fingerprint density at radius 2 is 2.00 bits per heavy atom. The van der Waals surface area contributed by atoms with Crippen LogP contribution in [0.3, 0.4) is 0 Å². The monoisotopic (exact) mass is 317 g/mol. The van der Waals surface area contributed by atoms with Crippen LogP contribution in [-0.2, 0) is 0 Å². The van der Waals surface area contributed by atoms with Gasteiger partial charge in [0.15, 0.2) is 5.16 Å². The third-order valence-electron chi connectivity index (χ3n) is 3.54. The van der Waals surface area contributed by atoms with Gasteiger partial charge in [-0.15, -0.1) is 0 Å². The molecular weight excluding hydrogens is 298 g/mol. The molecule has 0 saturated carbocycles. The van der Waals surface area contributed by atoms with E-state index >= 15 is 0 Å². The number of amides is 1. The van der Waals surface area contributed by atoms with Crippen LogP contribution in [0, 0.1) is 0 Å². The van der Waals surface area contributed by atoms with E-state index in [1.165, 1.54) is 11.8 Å². The van der Waals surface area contributed by atoms with Gasteiger partial charge in [0, 0.05) is 19.4 Å². The van der Waals surface area contributed by atoms with Crippen LogP contribution in [0.5, 0.6) is 5.75 Å². The molecule has 1 atom stereocenters. The molecule has 1 aromatic carbocycles. The smallest absolute Gasteiger partial charge is 0.257 e. The lowest BCUT2D eigenvalue weighted by Crippen LogP contribution is -2.29. The number of nitrogens with zero attached hydrogens (tertiary/aromatic N) is 3. The Kier molecular flexibility index (Phi) is 5.38. The van der Waals surface area contributed by atoms with E-state index in [1.54, 1.807) is 31.5 Å². The first-order chi connectivity index (χ1) is 10.6. The molecule has 22 heavy (non-hydrogen) atoms. The van der Waals surface area contributed by atoms with Gasteiger partial charge < -0.3 is 9.64 Å². The van der Waals surface area contributed by atoms with Crippen molar-refractivity contribution < 1.29 is 9.53 Å². The van der Waals surface area contributed by atoms with Crippen molar-refractivity contribution in [1.82, 2.24) is 14.9 Å². The summed E-state index contributed by atoms with van der Waals surface area (Å²) in [6.45, 7) is 1.98. The van der Waals surface area contributed by atoms with Crippen LogP contribution < -0.4 is 4.74 Å². The van der Waals surface area contributed by atoms with Crippen LogP contribution in [0.4, 0.5) is 0 Å². The highest BCUT2D eigenvalue weighted by atomic mass is 32.2. The SMILES string of the molecule is COc1cccc(C(C)N(C)C(=O)c2cnc(SC)nc2)c1. The van der Waals surface area contributed by atoms with Crippen molar-refractivity contribution in [3.05, 3.63) is 47.8 Å². The van der Waals surface area contributed by atoms with Gasteiger partial charge in [0.2, 0.25) is 0 Å². The molecular formula is C16H19N3O2S. The van der Waals surface area contributed by atoms with Crippen molar-refractivity contribution in [2.45, 2.75) is 18.1 Å². The van der Waals surface area contributed by atoms with E-state index in [-0.39, 0.29) is 11.9 Å². The van der Waals surface area contributed by atoms with Crippen LogP contribution in [0.2, 0.25) is 0 Å². The number of thioether (sulfide) groups is 1. The molecule has 2 aromatic rings. The molecule has 5 nitrogen and oxygen atoms in total. The van der Waals surface area contributed by atoms with Gasteiger partial charge >= 0.3 is 0 Å². The summed E-state index contributed by atoms with van der Waals surface area (Å²) >= 11 is 1.44. The molecule has 0 N–H and O–H groups in total. The number of benzene rings is 1. The zero-order valence-electron chi connectivity index (χ0n) is 13.1. The summed E-state index contributed by atoms with van der Waals surface area (Å²) < 4.78 is 5.23. The highest BCUT2D eigenvalue weighted by Gasteiger charge is 2.20. The lowest BCUT2D eigenvalue weighted by atomic mass is 10.1. The molecule has 0 aliphatic rings. The van der Waals surface area contributed by atoms with Crippen molar-refractivity contribution in [3.63, 3.8) is 0 Å². The number of ether oxygens (including phenoxy) is 1. The first-order valence-electron chi connectivity index (χ1n) is 6.84. The lowest BCUT2D eigenvalue weighted by molar-refractivity contribution is 0.0741. The van der Waals surface area contributed by atoms with Crippen LogP contribution in [0.1, 0.15) is 28.9 Å². The van der Waals surface area contributed by atoms with Gasteiger partial charge in [0.25, 0.3) is 5.91 Å². The summed E-state index contributed by atoms with van der Waals surface area (Å²) in [5.41, 5.74) is 1.49. The Morgan fingerprint density at radius 1 is 1.32 bits per heavy atom. The third-order valence-corrected chi connectivity index (χ3v) is 4.11. The van der Waals surface area contributed by atoms with Crippen molar-refractivity contribution >= 4 is 17.7 Å². The van der Waals surface area contributed by atoms with Gasteiger partial charge in [0.05, 0.1) is 18.7 Å². The standard InChI is InChI=1S/C16H19N3O2S/c1-11(12-6-5-7-14(8-12)21-3)19(2)15(20)13-9-17-16(22-4)18-10-13/h5-11H,1-4H3. The van der Waals surface area contributed by atoms with E-state index in [4.69, 9.17) is 4.74 Å². The molecule has 1 unspecified atom stereocenters. The second kappa shape index (κ2) is 7.26. The van der Waals surface area contributed by atoms with Gasteiger partial charge in [-0.1, -0.05) is 23.9 Å². The second-order valence-electron chi connectivity index (χ2n) is 4.83. The fraction of sp³-hybridized carbons (Fsp3) is 0.312. The molecule has 1 heterocycles. The summed E-state index contributed by atoms with van der Waals surface area (Å²) in [6, 6.07) is 7.63. The Bertz CT molecular complexity index is 646. The first kappa shape index (κ1) is 16.3. The number of hydrogen-bond acceptors (Lipinski definition) is 5. The average Bonchev–Trinajstić information content (AvgIpc) is 2.59. The van der Waals surface area contributed by atoms with Crippen molar-refractivity contribution in [3.8, 4) is 5.75 Å². The molecule has 2 rings (SSSR count). The van der Waals surface area contributed by atoms with Crippen molar-refractivity contribution in [1.29, 1.82) is 0 Å². The molecule has 6 heteroatoms. The minimum atomic E-state index is -0.108. The lowest BCUT2D eigenvalue weighted by Gasteiger charge is -2.25. The molecule has 116 valence electrons. The van der Waals surface area contributed by atoms with Crippen LogP contribution in [-0.4, -0.2) is 41.2 Å². The largest absolute Gasteiger partial charge is 0.497 e.